The van der Waals surface area contributed by atoms with Crippen LogP contribution in [0.4, 0.5) is 13.6 Å². The maximum Gasteiger partial charge on any atom is 0.387 e. The van der Waals surface area contributed by atoms with E-state index < -0.39 is 24.1 Å². The summed E-state index contributed by atoms with van der Waals surface area (Å²) >= 11 is 0. The number of hydrogen-bond acceptors (Lipinski definition) is 4. The van der Waals surface area contributed by atoms with E-state index in [1.807, 2.05) is 5.32 Å². The Labute approximate surface area is 134 Å². The summed E-state index contributed by atoms with van der Waals surface area (Å²) in [4.78, 5) is 23.2. The number of halogens is 2. The first kappa shape index (κ1) is 15.6. The minimum atomic E-state index is -2.99. The molecule has 124 valence electrons. The standard InChI is InChI=1S/C15H11F2N3O4/c1-2-15(12(22)18-14(23)19-15)7-20-6-8-3-4-9(24-13(16)17)5-10(8)11(20)21/h1,3-6,13,21H,7H2,(H2,18,19,22,23). The van der Waals surface area contributed by atoms with Crippen molar-refractivity contribution in [3.05, 3.63) is 24.4 Å². The Bertz CT molecular complexity index is 887. The third-order valence-corrected chi connectivity index (χ3v) is 3.65. The summed E-state index contributed by atoms with van der Waals surface area (Å²) in [7, 11) is 0. The Hall–Kier alpha value is -3.28. The second kappa shape index (κ2) is 5.42. The molecule has 3 rings (SSSR count). The normalized spacial score (nSPS) is 20.1. The molecule has 0 spiro atoms. The van der Waals surface area contributed by atoms with E-state index in [0.29, 0.717) is 5.39 Å². The number of benzene rings is 1. The molecular formula is C15H11F2N3O4. The van der Waals surface area contributed by atoms with Gasteiger partial charge in [0.2, 0.25) is 5.54 Å². The van der Waals surface area contributed by atoms with Gasteiger partial charge >= 0.3 is 12.6 Å². The summed E-state index contributed by atoms with van der Waals surface area (Å²) in [5, 5.41) is 15.4. The molecule has 1 aliphatic heterocycles. The van der Waals surface area contributed by atoms with Crippen molar-refractivity contribution in [3.63, 3.8) is 0 Å². The van der Waals surface area contributed by atoms with Crippen LogP contribution < -0.4 is 15.4 Å². The number of nitrogens with one attached hydrogen (secondary N) is 2. The summed E-state index contributed by atoms with van der Waals surface area (Å²) in [6.45, 7) is -3.22. The van der Waals surface area contributed by atoms with Crippen LogP contribution in [0.1, 0.15) is 0 Å². The highest BCUT2D eigenvalue weighted by atomic mass is 19.3. The van der Waals surface area contributed by atoms with Crippen LogP contribution in [-0.4, -0.2) is 33.8 Å². The van der Waals surface area contributed by atoms with Gasteiger partial charge in [-0.3, -0.25) is 10.1 Å². The van der Waals surface area contributed by atoms with Gasteiger partial charge in [0.15, 0.2) is 5.88 Å². The molecule has 1 fully saturated rings. The van der Waals surface area contributed by atoms with Gasteiger partial charge in [-0.2, -0.15) is 8.78 Å². The minimum Gasteiger partial charge on any atom is -0.494 e. The lowest BCUT2D eigenvalue weighted by Gasteiger charge is -2.20. The number of imide groups is 1. The van der Waals surface area contributed by atoms with Crippen LogP contribution in [0.15, 0.2) is 24.4 Å². The van der Waals surface area contributed by atoms with Gasteiger partial charge in [-0.15, -0.1) is 6.42 Å². The number of terminal acetylenes is 1. The Morgan fingerprint density at radius 2 is 2.17 bits per heavy atom. The average molecular weight is 335 g/mol. The van der Waals surface area contributed by atoms with E-state index in [1.165, 1.54) is 29.0 Å². The van der Waals surface area contributed by atoms with Crippen LogP contribution in [0.25, 0.3) is 10.8 Å². The smallest absolute Gasteiger partial charge is 0.387 e. The van der Waals surface area contributed by atoms with E-state index in [-0.39, 0.29) is 23.6 Å². The van der Waals surface area contributed by atoms with Crippen LogP contribution in [-0.2, 0) is 11.3 Å². The predicted molar refractivity (Wildman–Crippen MR) is 78.5 cm³/mol. The molecule has 1 atom stereocenters. The number of carbonyl (C=O) groups excluding carboxylic acids is 2. The topological polar surface area (TPSA) is 92.6 Å². The number of urea groups is 1. The second-order valence-corrected chi connectivity index (χ2v) is 5.17. The maximum absolute atomic E-state index is 12.3. The van der Waals surface area contributed by atoms with E-state index in [4.69, 9.17) is 6.42 Å². The highest BCUT2D eigenvalue weighted by molar-refractivity contribution is 6.09. The molecule has 0 aliphatic carbocycles. The van der Waals surface area contributed by atoms with Gasteiger partial charge in [-0.25, -0.2) is 4.79 Å². The maximum atomic E-state index is 12.3. The molecule has 9 heteroatoms. The zero-order chi connectivity index (χ0) is 17.5. The largest absolute Gasteiger partial charge is 0.494 e. The van der Waals surface area contributed by atoms with Crippen LogP contribution in [0.3, 0.4) is 0 Å². The van der Waals surface area contributed by atoms with Crippen LogP contribution in [0, 0.1) is 12.3 Å². The highest BCUT2D eigenvalue weighted by Crippen LogP contribution is 2.32. The molecule has 1 aromatic carbocycles. The predicted octanol–water partition coefficient (Wildman–Crippen LogP) is 1.16. The summed E-state index contributed by atoms with van der Waals surface area (Å²) in [6, 6.07) is 3.29. The number of alkyl halides is 2. The van der Waals surface area contributed by atoms with E-state index >= 15 is 0 Å². The third-order valence-electron chi connectivity index (χ3n) is 3.65. The Morgan fingerprint density at radius 1 is 1.42 bits per heavy atom. The number of amides is 3. The van der Waals surface area contributed by atoms with Crippen molar-refractivity contribution in [2.45, 2.75) is 18.7 Å². The van der Waals surface area contributed by atoms with Crippen LogP contribution in [0.2, 0.25) is 0 Å². The molecule has 1 unspecified atom stereocenters. The van der Waals surface area contributed by atoms with E-state index in [0.717, 1.165) is 0 Å². The first-order valence-electron chi connectivity index (χ1n) is 6.73. The van der Waals surface area contributed by atoms with Crippen molar-refractivity contribution < 1.29 is 28.2 Å². The van der Waals surface area contributed by atoms with Crippen molar-refractivity contribution in [1.29, 1.82) is 0 Å². The summed E-state index contributed by atoms with van der Waals surface area (Å²) in [5.74, 6) is 1.08. The molecule has 0 bridgehead atoms. The first-order chi connectivity index (χ1) is 11.3. The molecular weight excluding hydrogens is 324 g/mol. The Morgan fingerprint density at radius 3 is 2.75 bits per heavy atom. The number of rotatable bonds is 4. The Kier molecular flexibility index (Phi) is 3.52. The zero-order valence-corrected chi connectivity index (χ0v) is 12.0. The molecule has 2 heterocycles. The number of ether oxygens (including phenoxy) is 1. The molecule has 24 heavy (non-hydrogen) atoms. The fourth-order valence-corrected chi connectivity index (χ4v) is 2.53. The minimum absolute atomic E-state index is 0.121. The number of carbonyl (C=O) groups is 2. The number of nitrogens with zero attached hydrogens (tertiary/aromatic N) is 1. The fourth-order valence-electron chi connectivity index (χ4n) is 2.53. The molecule has 7 nitrogen and oxygen atoms in total. The van der Waals surface area contributed by atoms with E-state index in [1.54, 1.807) is 0 Å². The van der Waals surface area contributed by atoms with Gasteiger partial charge in [-0.05, 0) is 18.2 Å². The van der Waals surface area contributed by atoms with Crippen LogP contribution in [0.5, 0.6) is 11.6 Å². The molecule has 1 aromatic heterocycles. The fraction of sp³-hybridized carbons (Fsp3) is 0.200. The number of aromatic hydroxyl groups is 1. The van der Waals surface area contributed by atoms with Crippen molar-refractivity contribution in [2.24, 2.45) is 0 Å². The summed E-state index contributed by atoms with van der Waals surface area (Å²) in [5.41, 5.74) is -1.65. The number of hydrogen-bond donors (Lipinski definition) is 3. The van der Waals surface area contributed by atoms with Gasteiger partial charge in [-0.1, -0.05) is 5.92 Å². The summed E-state index contributed by atoms with van der Waals surface area (Å²) in [6.07, 6.45) is 6.85. The van der Waals surface area contributed by atoms with Crippen molar-refractivity contribution in [1.82, 2.24) is 15.2 Å². The zero-order valence-electron chi connectivity index (χ0n) is 12.0. The van der Waals surface area contributed by atoms with E-state index in [2.05, 4.69) is 16.0 Å². The van der Waals surface area contributed by atoms with E-state index in [9.17, 15) is 23.5 Å². The van der Waals surface area contributed by atoms with Crippen molar-refractivity contribution in [3.8, 4) is 24.0 Å². The lowest BCUT2D eigenvalue weighted by molar-refractivity contribution is -0.122. The van der Waals surface area contributed by atoms with Gasteiger partial charge in [0.1, 0.15) is 5.75 Å². The molecule has 2 aromatic rings. The third kappa shape index (κ3) is 2.48. The molecule has 0 saturated carbocycles. The molecule has 1 saturated heterocycles. The molecule has 0 radical (unpaired) electrons. The van der Waals surface area contributed by atoms with Crippen LogP contribution >= 0.6 is 0 Å². The number of aromatic nitrogens is 1. The first-order valence-corrected chi connectivity index (χ1v) is 6.73. The quantitative estimate of drug-likeness (QED) is 0.577. The number of fused-ring (bicyclic) bond motifs is 1. The summed E-state index contributed by atoms with van der Waals surface area (Å²) < 4.78 is 30.1. The SMILES string of the molecule is C#CC1(Cn2cc3ccc(OC(F)F)cc3c2O)NC(=O)NC1=O. The van der Waals surface area contributed by atoms with Crippen molar-refractivity contribution in [2.75, 3.05) is 0 Å². The molecule has 1 aliphatic rings. The monoisotopic (exact) mass is 335 g/mol. The lowest BCUT2D eigenvalue weighted by atomic mass is 10.0. The van der Waals surface area contributed by atoms with Gasteiger partial charge in [0.25, 0.3) is 5.91 Å². The molecule has 3 N–H and O–H groups in total. The van der Waals surface area contributed by atoms with Gasteiger partial charge < -0.3 is 19.7 Å². The average Bonchev–Trinajstić information content (AvgIpc) is 2.97. The van der Waals surface area contributed by atoms with Gasteiger partial charge in [0.05, 0.1) is 6.54 Å². The molecule has 3 amide bonds. The highest BCUT2D eigenvalue weighted by Gasteiger charge is 2.45. The lowest BCUT2D eigenvalue weighted by Crippen LogP contribution is -2.48. The van der Waals surface area contributed by atoms with Crippen molar-refractivity contribution >= 4 is 22.7 Å². The Balaban J connectivity index is 1.99. The van der Waals surface area contributed by atoms with Gasteiger partial charge in [0, 0.05) is 17.0 Å². The second-order valence-electron chi connectivity index (χ2n) is 5.17.